The first-order valence-corrected chi connectivity index (χ1v) is 10.2. The van der Waals surface area contributed by atoms with Crippen LogP contribution in [-0.2, 0) is 0 Å². The molecule has 2 aliphatic carbocycles. The average Bonchev–Trinajstić information content (AvgIpc) is 2.91. The van der Waals surface area contributed by atoms with Gasteiger partial charge in [-0.25, -0.2) is 0 Å². The summed E-state index contributed by atoms with van der Waals surface area (Å²) in [5, 5.41) is 12.5. The van der Waals surface area contributed by atoms with Crippen LogP contribution >= 0.6 is 11.3 Å². The Morgan fingerprint density at radius 1 is 1.27 bits per heavy atom. The number of nitrogen functional groups attached to an aromatic ring is 1. The maximum Gasteiger partial charge on any atom is 0.264 e. The van der Waals surface area contributed by atoms with Crippen LogP contribution in [0.5, 0.6) is 0 Å². The van der Waals surface area contributed by atoms with Crippen LogP contribution in [0.3, 0.4) is 0 Å². The van der Waals surface area contributed by atoms with Gasteiger partial charge >= 0.3 is 0 Å². The maximum atomic E-state index is 13.0. The minimum atomic E-state index is -0.106. The molecule has 0 saturated heterocycles. The fourth-order valence-electron chi connectivity index (χ4n) is 4.91. The van der Waals surface area contributed by atoms with Crippen LogP contribution in [0.15, 0.2) is 12.2 Å². The molecule has 0 spiro atoms. The van der Waals surface area contributed by atoms with E-state index in [0.29, 0.717) is 16.5 Å². The number of anilines is 1. The summed E-state index contributed by atoms with van der Waals surface area (Å²) in [6, 6.07) is 0.0556. The van der Waals surface area contributed by atoms with Crippen LogP contribution in [0.25, 0.3) is 10.2 Å². The van der Waals surface area contributed by atoms with Crippen molar-refractivity contribution in [2.75, 3.05) is 5.73 Å². The standard InChI is InChI=1S/C20H26N4OS/c1-9-5-13-7-10(2)17(14(6-9)8-13)22-19(25)18-16(21)15-11(3)12(4)23-24-20(15)26-18/h9,13-14,17H,2,5-8,21H2,1,3-4H3,(H,22,25). The number of rotatable bonds is 2. The lowest BCUT2D eigenvalue weighted by Gasteiger charge is -2.44. The fraction of sp³-hybridized carbons (Fsp3) is 0.550. The Hall–Kier alpha value is -1.95. The van der Waals surface area contributed by atoms with Crippen LogP contribution < -0.4 is 11.1 Å². The highest BCUT2D eigenvalue weighted by molar-refractivity contribution is 7.21. The monoisotopic (exact) mass is 370 g/mol. The molecule has 5 nitrogen and oxygen atoms in total. The molecule has 4 unspecified atom stereocenters. The van der Waals surface area contributed by atoms with Crippen molar-refractivity contribution in [3.8, 4) is 0 Å². The highest BCUT2D eigenvalue weighted by Gasteiger charge is 2.39. The summed E-state index contributed by atoms with van der Waals surface area (Å²) in [5.41, 5.74) is 9.86. The molecule has 0 radical (unpaired) electrons. The van der Waals surface area contributed by atoms with Gasteiger partial charge in [0.1, 0.15) is 9.71 Å². The number of aromatic nitrogens is 2. The second-order valence-electron chi connectivity index (χ2n) is 8.19. The number of nitrogens with zero attached hydrogens (tertiary/aromatic N) is 2. The number of carbonyl (C=O) groups excluding carboxylic acids is 1. The topological polar surface area (TPSA) is 80.9 Å². The molecule has 1 amide bonds. The molecule has 2 aromatic rings. The fourth-order valence-corrected chi connectivity index (χ4v) is 5.91. The van der Waals surface area contributed by atoms with E-state index in [0.717, 1.165) is 51.7 Å². The third-order valence-electron chi connectivity index (χ3n) is 6.17. The van der Waals surface area contributed by atoms with Gasteiger partial charge in [0.2, 0.25) is 0 Å². The Kier molecular flexibility index (Phi) is 4.26. The van der Waals surface area contributed by atoms with Crippen molar-refractivity contribution < 1.29 is 4.79 Å². The van der Waals surface area contributed by atoms with Crippen LogP contribution in [0.1, 0.15) is 53.5 Å². The lowest BCUT2D eigenvalue weighted by Crippen LogP contribution is -2.47. The molecule has 0 aromatic carbocycles. The van der Waals surface area contributed by atoms with Crippen molar-refractivity contribution in [3.63, 3.8) is 0 Å². The SMILES string of the molecule is C=C1CC2CC(C)CC(C2)C1NC(=O)c1sc2nnc(C)c(C)c2c1N. The minimum absolute atomic E-state index is 0.0556. The molecule has 26 heavy (non-hydrogen) atoms. The first-order valence-electron chi connectivity index (χ1n) is 9.35. The molecule has 2 heterocycles. The molecule has 4 atom stereocenters. The maximum absolute atomic E-state index is 13.0. The minimum Gasteiger partial charge on any atom is -0.397 e. The quantitative estimate of drug-likeness (QED) is 0.783. The Morgan fingerprint density at radius 2 is 2.04 bits per heavy atom. The highest BCUT2D eigenvalue weighted by Crippen LogP contribution is 2.44. The Bertz CT molecular complexity index is 901. The molecule has 2 aliphatic rings. The summed E-state index contributed by atoms with van der Waals surface area (Å²) in [5.74, 6) is 1.85. The molecule has 2 bridgehead atoms. The Morgan fingerprint density at radius 3 is 2.81 bits per heavy atom. The summed E-state index contributed by atoms with van der Waals surface area (Å²) >= 11 is 1.33. The number of nitrogens with two attached hydrogens (primary N) is 1. The largest absolute Gasteiger partial charge is 0.397 e. The number of hydrogen-bond donors (Lipinski definition) is 2. The van der Waals surface area contributed by atoms with E-state index in [-0.39, 0.29) is 11.9 Å². The lowest BCUT2D eigenvalue weighted by molar-refractivity contribution is 0.0879. The van der Waals surface area contributed by atoms with E-state index in [1.807, 2.05) is 13.8 Å². The number of fused-ring (bicyclic) bond motifs is 3. The molecular formula is C20H26N4OS. The van der Waals surface area contributed by atoms with Crippen LogP contribution in [0, 0.1) is 31.6 Å². The summed E-state index contributed by atoms with van der Waals surface area (Å²) < 4.78 is 0. The predicted octanol–water partition coefficient (Wildman–Crippen LogP) is 4.00. The summed E-state index contributed by atoms with van der Waals surface area (Å²) in [6.45, 7) is 10.5. The first-order chi connectivity index (χ1) is 12.3. The van der Waals surface area contributed by atoms with Crippen molar-refractivity contribution in [1.82, 2.24) is 15.5 Å². The van der Waals surface area contributed by atoms with Gasteiger partial charge in [-0.1, -0.05) is 19.1 Å². The number of thiophene rings is 1. The van der Waals surface area contributed by atoms with Gasteiger partial charge in [0.25, 0.3) is 5.91 Å². The Balaban J connectivity index is 1.62. The molecular weight excluding hydrogens is 344 g/mol. The van der Waals surface area contributed by atoms with Gasteiger partial charge < -0.3 is 11.1 Å². The van der Waals surface area contributed by atoms with Crippen molar-refractivity contribution >= 4 is 33.1 Å². The zero-order valence-corrected chi connectivity index (χ0v) is 16.4. The zero-order valence-electron chi connectivity index (χ0n) is 15.6. The first kappa shape index (κ1) is 17.5. The highest BCUT2D eigenvalue weighted by atomic mass is 32.1. The Labute approximate surface area is 158 Å². The van der Waals surface area contributed by atoms with Gasteiger partial charge in [-0.15, -0.1) is 16.4 Å². The van der Waals surface area contributed by atoms with E-state index in [1.54, 1.807) is 0 Å². The van der Waals surface area contributed by atoms with Crippen molar-refractivity contribution in [3.05, 3.63) is 28.3 Å². The van der Waals surface area contributed by atoms with Gasteiger partial charge in [0.05, 0.1) is 17.4 Å². The molecule has 3 N–H and O–H groups in total. The number of amides is 1. The van der Waals surface area contributed by atoms with E-state index in [9.17, 15) is 4.79 Å². The summed E-state index contributed by atoms with van der Waals surface area (Å²) in [6.07, 6.45) is 4.67. The third kappa shape index (κ3) is 2.80. The van der Waals surface area contributed by atoms with E-state index in [2.05, 4.69) is 29.0 Å². The van der Waals surface area contributed by atoms with Gasteiger partial charge in [-0.3, -0.25) is 4.79 Å². The molecule has 2 aromatic heterocycles. The third-order valence-corrected chi connectivity index (χ3v) is 7.26. The number of hydrogen-bond acceptors (Lipinski definition) is 5. The summed E-state index contributed by atoms with van der Waals surface area (Å²) in [7, 11) is 0. The van der Waals surface area contributed by atoms with Crippen LogP contribution in [0.4, 0.5) is 5.69 Å². The van der Waals surface area contributed by atoms with Gasteiger partial charge in [0, 0.05) is 5.39 Å². The molecule has 2 fully saturated rings. The van der Waals surface area contributed by atoms with Crippen molar-refractivity contribution in [2.45, 2.75) is 52.5 Å². The predicted molar refractivity (Wildman–Crippen MR) is 106 cm³/mol. The van der Waals surface area contributed by atoms with Crippen molar-refractivity contribution in [2.24, 2.45) is 17.8 Å². The number of aryl methyl sites for hydroxylation is 2. The molecule has 6 heteroatoms. The zero-order chi connectivity index (χ0) is 18.6. The molecule has 0 aliphatic heterocycles. The van der Waals surface area contributed by atoms with E-state index < -0.39 is 0 Å². The van der Waals surface area contributed by atoms with Gasteiger partial charge in [-0.2, -0.15) is 5.10 Å². The van der Waals surface area contributed by atoms with E-state index in [4.69, 9.17) is 5.73 Å². The smallest absolute Gasteiger partial charge is 0.264 e. The second kappa shape index (κ2) is 6.34. The number of nitrogens with one attached hydrogen (secondary N) is 1. The van der Waals surface area contributed by atoms with Gasteiger partial charge in [0.15, 0.2) is 0 Å². The van der Waals surface area contributed by atoms with E-state index in [1.165, 1.54) is 24.2 Å². The molecule has 2 saturated carbocycles. The molecule has 4 rings (SSSR count). The van der Waals surface area contributed by atoms with Crippen LogP contribution in [-0.4, -0.2) is 22.1 Å². The lowest BCUT2D eigenvalue weighted by atomic mass is 9.65. The van der Waals surface area contributed by atoms with Gasteiger partial charge in [-0.05, 0) is 62.8 Å². The van der Waals surface area contributed by atoms with E-state index >= 15 is 0 Å². The molecule has 138 valence electrons. The normalized spacial score (nSPS) is 28.3. The average molecular weight is 371 g/mol. The second-order valence-corrected chi connectivity index (χ2v) is 9.19. The number of carbonyl (C=O) groups is 1. The van der Waals surface area contributed by atoms with Crippen molar-refractivity contribution in [1.29, 1.82) is 0 Å². The summed E-state index contributed by atoms with van der Waals surface area (Å²) in [4.78, 5) is 14.3. The van der Waals surface area contributed by atoms with Crippen LogP contribution in [0.2, 0.25) is 0 Å².